The van der Waals surface area contributed by atoms with E-state index in [0.29, 0.717) is 37.0 Å². The van der Waals surface area contributed by atoms with Gasteiger partial charge in [-0.1, -0.05) is 6.92 Å². The van der Waals surface area contributed by atoms with Crippen LogP contribution >= 0.6 is 0 Å². The van der Waals surface area contributed by atoms with Gasteiger partial charge in [0.15, 0.2) is 0 Å². The van der Waals surface area contributed by atoms with Gasteiger partial charge in [0.05, 0.1) is 8.48 Å². The van der Waals surface area contributed by atoms with Crippen molar-refractivity contribution in [3.8, 4) is 5.75 Å². The highest BCUT2D eigenvalue weighted by atomic mass is 16.5. The lowest BCUT2D eigenvalue weighted by Gasteiger charge is -2.42. The molecule has 30 heavy (non-hydrogen) atoms. The standard InChI is InChI=1S/C23H36N4O3/c1-4-11-27(23(29)19-5-7-21(30-3)8-6-19)18-22(28)26-16-14-25(15-17-26)20-9-12-24(2)13-10-20/h5-8,20H,4,9-18H2,1-3H3/i5D. The van der Waals surface area contributed by atoms with Gasteiger partial charge in [0.1, 0.15) is 12.3 Å². The second-order valence-electron chi connectivity index (χ2n) is 8.32. The van der Waals surface area contributed by atoms with E-state index in [1.165, 1.54) is 26.0 Å². The Hall–Kier alpha value is -2.12. The minimum absolute atomic E-state index is 0.00938. The van der Waals surface area contributed by atoms with Crippen molar-refractivity contribution in [1.29, 1.82) is 0 Å². The fraction of sp³-hybridized carbons (Fsp3) is 0.652. The van der Waals surface area contributed by atoms with E-state index >= 15 is 0 Å². The molecule has 0 N–H and O–H groups in total. The van der Waals surface area contributed by atoms with E-state index in [1.54, 1.807) is 17.0 Å². The summed E-state index contributed by atoms with van der Waals surface area (Å²) >= 11 is 0. The lowest BCUT2D eigenvalue weighted by atomic mass is 10.0. The third kappa shape index (κ3) is 5.73. The summed E-state index contributed by atoms with van der Waals surface area (Å²) in [7, 11) is 3.70. The number of ether oxygens (including phenoxy) is 1. The maximum atomic E-state index is 13.0. The molecule has 2 saturated heterocycles. The highest BCUT2D eigenvalue weighted by Gasteiger charge is 2.29. The van der Waals surface area contributed by atoms with Crippen LogP contribution in [0.2, 0.25) is 0 Å². The van der Waals surface area contributed by atoms with Crippen LogP contribution in [0.4, 0.5) is 0 Å². The molecule has 2 heterocycles. The van der Waals surface area contributed by atoms with Crippen molar-refractivity contribution in [3.05, 3.63) is 29.8 Å². The topological polar surface area (TPSA) is 56.3 Å². The van der Waals surface area contributed by atoms with Crippen LogP contribution in [0.5, 0.6) is 5.75 Å². The molecular formula is C23H36N4O3. The van der Waals surface area contributed by atoms with Crippen LogP contribution in [0.1, 0.15) is 37.9 Å². The molecule has 1 aromatic rings. The lowest BCUT2D eigenvalue weighted by molar-refractivity contribution is -0.134. The van der Waals surface area contributed by atoms with Crippen molar-refractivity contribution in [2.45, 2.75) is 32.2 Å². The third-order valence-corrected chi connectivity index (χ3v) is 6.23. The van der Waals surface area contributed by atoms with E-state index in [9.17, 15) is 9.59 Å². The van der Waals surface area contributed by atoms with Gasteiger partial charge in [-0.05, 0) is 63.6 Å². The Bertz CT molecular complexity index is 759. The molecule has 2 aliphatic rings. The minimum atomic E-state index is -0.271. The summed E-state index contributed by atoms with van der Waals surface area (Å²) in [5.74, 6) is 0.264. The molecule has 0 atom stereocenters. The maximum Gasteiger partial charge on any atom is 0.254 e. The number of hydrogen-bond donors (Lipinski definition) is 0. The van der Waals surface area contributed by atoms with Gasteiger partial charge >= 0.3 is 0 Å². The van der Waals surface area contributed by atoms with Crippen molar-refractivity contribution in [2.75, 3.05) is 66.5 Å². The minimum Gasteiger partial charge on any atom is -0.497 e. The largest absolute Gasteiger partial charge is 0.497 e. The zero-order valence-corrected chi connectivity index (χ0v) is 18.6. The number of amides is 2. The van der Waals surface area contributed by atoms with E-state index in [-0.39, 0.29) is 24.4 Å². The zero-order chi connectivity index (χ0) is 22.4. The summed E-state index contributed by atoms with van der Waals surface area (Å²) in [5, 5.41) is 0. The molecule has 0 unspecified atom stereocenters. The van der Waals surface area contributed by atoms with Crippen LogP contribution in [0.3, 0.4) is 0 Å². The van der Waals surface area contributed by atoms with Gasteiger partial charge in [-0.2, -0.15) is 0 Å². The molecule has 7 heteroatoms. The van der Waals surface area contributed by atoms with Crippen LogP contribution < -0.4 is 4.74 Å². The molecule has 0 aliphatic carbocycles. The number of carbonyl (C=O) groups excluding carboxylic acids is 2. The van der Waals surface area contributed by atoms with Crippen molar-refractivity contribution < 1.29 is 15.7 Å². The number of nitrogens with zero attached hydrogens (tertiary/aromatic N) is 4. The molecule has 0 bridgehead atoms. The normalized spacial score (nSPS) is 19.4. The van der Waals surface area contributed by atoms with Gasteiger partial charge in [-0.25, -0.2) is 0 Å². The van der Waals surface area contributed by atoms with E-state index < -0.39 is 0 Å². The Morgan fingerprint density at radius 2 is 1.83 bits per heavy atom. The van der Waals surface area contributed by atoms with Gasteiger partial charge < -0.3 is 19.4 Å². The van der Waals surface area contributed by atoms with E-state index in [2.05, 4.69) is 16.8 Å². The van der Waals surface area contributed by atoms with E-state index in [4.69, 9.17) is 6.11 Å². The van der Waals surface area contributed by atoms with Crippen LogP contribution in [0.25, 0.3) is 0 Å². The first-order chi connectivity index (χ1) is 14.9. The number of hydrogen-bond acceptors (Lipinski definition) is 5. The van der Waals surface area contributed by atoms with Crippen molar-refractivity contribution >= 4 is 11.8 Å². The number of likely N-dealkylation sites (tertiary alicyclic amines) is 1. The van der Waals surface area contributed by atoms with Crippen LogP contribution in [0, 0.1) is 0 Å². The quantitative estimate of drug-likeness (QED) is 0.677. The molecule has 1 aromatic carbocycles. The molecular weight excluding hydrogens is 380 g/mol. The first kappa shape index (κ1) is 21.1. The average molecular weight is 418 g/mol. The highest BCUT2D eigenvalue weighted by Crippen LogP contribution is 2.18. The molecule has 7 nitrogen and oxygen atoms in total. The van der Waals surface area contributed by atoms with Crippen LogP contribution in [0.15, 0.2) is 24.2 Å². The van der Waals surface area contributed by atoms with Crippen molar-refractivity contribution in [1.82, 2.24) is 19.6 Å². The Labute approximate surface area is 182 Å². The summed E-state index contributed by atoms with van der Waals surface area (Å²) < 4.78 is 13.3. The number of carbonyl (C=O) groups is 2. The molecule has 0 spiro atoms. The van der Waals surface area contributed by atoms with Gasteiger partial charge in [-0.15, -0.1) is 0 Å². The number of rotatable bonds is 7. The molecule has 2 amide bonds. The molecule has 2 fully saturated rings. The highest BCUT2D eigenvalue weighted by molar-refractivity contribution is 5.96. The van der Waals surface area contributed by atoms with Crippen molar-refractivity contribution in [3.63, 3.8) is 0 Å². The van der Waals surface area contributed by atoms with Crippen LogP contribution in [-0.2, 0) is 4.79 Å². The summed E-state index contributed by atoms with van der Waals surface area (Å²) in [6.45, 7) is 8.05. The third-order valence-electron chi connectivity index (χ3n) is 6.23. The van der Waals surface area contributed by atoms with Gasteiger partial charge in [0, 0.05) is 44.3 Å². The zero-order valence-electron chi connectivity index (χ0n) is 19.6. The Kier molecular flexibility index (Phi) is 7.59. The lowest BCUT2D eigenvalue weighted by Crippen LogP contribution is -2.55. The second kappa shape index (κ2) is 10.8. The average Bonchev–Trinajstić information content (AvgIpc) is 2.78. The monoisotopic (exact) mass is 417 g/mol. The molecule has 166 valence electrons. The van der Waals surface area contributed by atoms with E-state index in [1.807, 2.05) is 11.8 Å². The summed E-state index contributed by atoms with van der Waals surface area (Å²) in [6, 6.07) is 5.56. The molecule has 3 rings (SSSR count). The smallest absolute Gasteiger partial charge is 0.254 e. The maximum absolute atomic E-state index is 13.0. The predicted molar refractivity (Wildman–Crippen MR) is 118 cm³/mol. The molecule has 0 saturated carbocycles. The number of benzene rings is 1. The number of methoxy groups -OCH3 is 1. The molecule has 0 aromatic heterocycles. The number of piperazine rings is 1. The predicted octanol–water partition coefficient (Wildman–Crippen LogP) is 1.79. The van der Waals surface area contributed by atoms with Crippen LogP contribution in [-0.4, -0.2) is 104 Å². The summed E-state index contributed by atoms with van der Waals surface area (Å²) in [5.41, 5.74) is 0.300. The Morgan fingerprint density at radius 3 is 2.43 bits per heavy atom. The number of piperidine rings is 1. The first-order valence-electron chi connectivity index (χ1n) is 11.6. The fourth-order valence-electron chi connectivity index (χ4n) is 4.32. The first-order valence-corrected chi connectivity index (χ1v) is 11.1. The van der Waals surface area contributed by atoms with Gasteiger partial charge in [0.2, 0.25) is 5.91 Å². The molecule has 2 aliphatic heterocycles. The Morgan fingerprint density at radius 1 is 1.13 bits per heavy atom. The summed E-state index contributed by atoms with van der Waals surface area (Å²) in [6.07, 6.45) is 3.15. The Balaban J connectivity index is 1.56. The van der Waals surface area contributed by atoms with E-state index in [0.717, 1.165) is 32.6 Å². The van der Waals surface area contributed by atoms with Crippen molar-refractivity contribution in [2.24, 2.45) is 0 Å². The second-order valence-corrected chi connectivity index (χ2v) is 8.32. The van der Waals surface area contributed by atoms with Gasteiger partial charge in [-0.3, -0.25) is 14.5 Å². The summed E-state index contributed by atoms with van der Waals surface area (Å²) in [4.78, 5) is 34.4. The fourth-order valence-corrected chi connectivity index (χ4v) is 4.32. The SMILES string of the molecule is [2H]c1cc(OC)ccc1C(=O)N(CCC)CC(=O)N1CCN(C2CCN(C)CC2)CC1. The molecule has 0 radical (unpaired) electrons. The van der Waals surface area contributed by atoms with Gasteiger partial charge in [0.25, 0.3) is 5.91 Å².